The Bertz CT molecular complexity index is 501. The fourth-order valence-electron chi connectivity index (χ4n) is 1.41. The molecule has 18 heavy (non-hydrogen) atoms. The van der Waals surface area contributed by atoms with Crippen LogP contribution in [0, 0.1) is 11.3 Å². The summed E-state index contributed by atoms with van der Waals surface area (Å²) < 4.78 is 30.1. The van der Waals surface area contributed by atoms with Crippen molar-refractivity contribution in [1.29, 1.82) is 5.26 Å². The number of esters is 1. The van der Waals surface area contributed by atoms with Crippen molar-refractivity contribution in [2.45, 2.75) is 18.2 Å². The van der Waals surface area contributed by atoms with Gasteiger partial charge in [-0.25, -0.2) is 8.78 Å². The molecular weight excluding hydrogens is 310 g/mol. The van der Waals surface area contributed by atoms with E-state index in [-0.39, 0.29) is 28.7 Å². The maximum Gasteiger partial charge on any atom is 0.311 e. The number of hydrogen-bond donors (Lipinski definition) is 0. The lowest BCUT2D eigenvalue weighted by atomic mass is 10.1. The minimum Gasteiger partial charge on any atom is -0.469 e. The number of pyridine rings is 1. The Labute approximate surface area is 111 Å². The first-order valence-electron chi connectivity index (χ1n) is 4.87. The van der Waals surface area contributed by atoms with Crippen molar-refractivity contribution in [3.63, 3.8) is 0 Å². The molecule has 1 aromatic rings. The van der Waals surface area contributed by atoms with Gasteiger partial charge in [0.2, 0.25) is 0 Å². The number of carbonyl (C=O) groups excluding carboxylic acids is 1. The Morgan fingerprint density at radius 1 is 1.67 bits per heavy atom. The van der Waals surface area contributed by atoms with Gasteiger partial charge in [-0.1, -0.05) is 15.9 Å². The van der Waals surface area contributed by atoms with Crippen LogP contribution in [0.3, 0.4) is 0 Å². The van der Waals surface area contributed by atoms with E-state index in [2.05, 4.69) is 25.7 Å². The Hall–Kier alpha value is -1.55. The van der Waals surface area contributed by atoms with Crippen LogP contribution in [0.1, 0.15) is 28.9 Å². The van der Waals surface area contributed by atoms with E-state index in [9.17, 15) is 13.6 Å². The van der Waals surface area contributed by atoms with Crippen molar-refractivity contribution in [2.24, 2.45) is 0 Å². The van der Waals surface area contributed by atoms with Crippen molar-refractivity contribution >= 4 is 21.9 Å². The standard InChI is InChI=1S/C11H9BrF2N2O2/c1-18-9(17)3-7-2-6(5-15)10(11(13)14)8(4-12)16-7/h2,11H,3-4H2,1H3. The predicted molar refractivity (Wildman–Crippen MR) is 62.3 cm³/mol. The molecule has 0 amide bonds. The first-order valence-corrected chi connectivity index (χ1v) is 5.99. The summed E-state index contributed by atoms with van der Waals surface area (Å²) >= 11 is 3.04. The SMILES string of the molecule is COC(=O)Cc1cc(C#N)c(C(F)F)c(CBr)n1. The summed E-state index contributed by atoms with van der Waals surface area (Å²) in [6.07, 6.45) is -2.94. The maximum absolute atomic E-state index is 12.8. The van der Waals surface area contributed by atoms with Gasteiger partial charge in [0.1, 0.15) is 0 Å². The molecule has 0 saturated carbocycles. The molecule has 1 rings (SSSR count). The van der Waals surface area contributed by atoms with Crippen molar-refractivity contribution in [3.05, 3.63) is 28.6 Å². The van der Waals surface area contributed by atoms with E-state index in [1.54, 1.807) is 6.07 Å². The van der Waals surface area contributed by atoms with E-state index < -0.39 is 18.0 Å². The molecular formula is C11H9BrF2N2O2. The molecule has 0 spiro atoms. The summed E-state index contributed by atoms with van der Waals surface area (Å²) in [6, 6.07) is 2.88. The molecule has 7 heteroatoms. The second kappa shape index (κ2) is 6.40. The van der Waals surface area contributed by atoms with Gasteiger partial charge < -0.3 is 4.74 Å². The molecule has 0 aliphatic rings. The first-order chi connectivity index (χ1) is 8.53. The van der Waals surface area contributed by atoms with Crippen LogP contribution in [0.25, 0.3) is 0 Å². The van der Waals surface area contributed by atoms with Gasteiger partial charge in [0.15, 0.2) is 0 Å². The molecule has 0 N–H and O–H groups in total. The van der Waals surface area contributed by atoms with Crippen molar-refractivity contribution in [1.82, 2.24) is 4.98 Å². The van der Waals surface area contributed by atoms with Crippen molar-refractivity contribution in [3.8, 4) is 6.07 Å². The Morgan fingerprint density at radius 3 is 2.78 bits per heavy atom. The third-order valence-corrected chi connectivity index (χ3v) is 2.74. The van der Waals surface area contributed by atoms with Crippen LogP contribution in [0.5, 0.6) is 0 Å². The van der Waals surface area contributed by atoms with E-state index in [0.29, 0.717) is 0 Å². The highest BCUT2D eigenvalue weighted by atomic mass is 79.9. The van der Waals surface area contributed by atoms with Crippen LogP contribution >= 0.6 is 15.9 Å². The quantitative estimate of drug-likeness (QED) is 0.632. The van der Waals surface area contributed by atoms with Crippen LogP contribution in [0.4, 0.5) is 8.78 Å². The molecule has 0 radical (unpaired) electrons. The lowest BCUT2D eigenvalue weighted by molar-refractivity contribution is -0.139. The summed E-state index contributed by atoms with van der Waals surface area (Å²) in [7, 11) is 1.21. The highest BCUT2D eigenvalue weighted by molar-refractivity contribution is 9.08. The fraction of sp³-hybridized carbons (Fsp3) is 0.364. The minimum atomic E-state index is -2.79. The fourth-order valence-corrected chi connectivity index (χ4v) is 1.84. The highest BCUT2D eigenvalue weighted by Gasteiger charge is 2.20. The molecule has 0 aliphatic carbocycles. The second-order valence-corrected chi connectivity index (χ2v) is 3.88. The van der Waals surface area contributed by atoms with E-state index in [4.69, 9.17) is 5.26 Å². The first kappa shape index (κ1) is 14.5. The third kappa shape index (κ3) is 3.23. The molecule has 0 atom stereocenters. The number of alkyl halides is 3. The van der Waals surface area contributed by atoms with Crippen molar-refractivity contribution < 1.29 is 18.3 Å². The molecule has 0 aliphatic heterocycles. The monoisotopic (exact) mass is 318 g/mol. The highest BCUT2D eigenvalue weighted by Crippen LogP contribution is 2.27. The zero-order chi connectivity index (χ0) is 13.7. The molecule has 0 unspecified atom stereocenters. The Morgan fingerprint density at radius 2 is 2.33 bits per heavy atom. The number of carbonyl (C=O) groups is 1. The third-order valence-electron chi connectivity index (χ3n) is 2.21. The van der Waals surface area contributed by atoms with E-state index in [1.165, 1.54) is 13.2 Å². The molecule has 96 valence electrons. The maximum atomic E-state index is 12.8. The summed E-state index contributed by atoms with van der Waals surface area (Å²) in [5, 5.41) is 8.94. The number of hydrogen-bond acceptors (Lipinski definition) is 4. The predicted octanol–water partition coefficient (Wildman–Crippen LogP) is 2.50. The summed E-state index contributed by atoms with van der Waals surface area (Å²) in [5.74, 6) is -0.545. The zero-order valence-electron chi connectivity index (χ0n) is 9.41. The topological polar surface area (TPSA) is 63.0 Å². The normalized spacial score (nSPS) is 10.2. The lowest BCUT2D eigenvalue weighted by Crippen LogP contribution is -2.10. The molecule has 0 saturated heterocycles. The lowest BCUT2D eigenvalue weighted by Gasteiger charge is -2.10. The number of ether oxygens (including phenoxy) is 1. The van der Waals surface area contributed by atoms with Crippen LogP contribution in [-0.4, -0.2) is 18.1 Å². The van der Waals surface area contributed by atoms with Gasteiger partial charge in [0.25, 0.3) is 6.43 Å². The van der Waals surface area contributed by atoms with E-state index in [0.717, 1.165) is 0 Å². The largest absolute Gasteiger partial charge is 0.469 e. The van der Waals surface area contributed by atoms with Crippen LogP contribution < -0.4 is 0 Å². The van der Waals surface area contributed by atoms with E-state index >= 15 is 0 Å². The number of nitrogens with zero attached hydrogens (tertiary/aromatic N) is 2. The minimum absolute atomic E-state index is 0.0583. The second-order valence-electron chi connectivity index (χ2n) is 3.32. The number of aromatic nitrogens is 1. The molecule has 0 aromatic carbocycles. The molecule has 1 aromatic heterocycles. The number of nitriles is 1. The van der Waals surface area contributed by atoms with Gasteiger partial charge >= 0.3 is 5.97 Å². The van der Waals surface area contributed by atoms with Gasteiger partial charge in [-0.15, -0.1) is 0 Å². The van der Waals surface area contributed by atoms with Crippen LogP contribution in [-0.2, 0) is 21.3 Å². The van der Waals surface area contributed by atoms with Crippen LogP contribution in [0.2, 0.25) is 0 Å². The van der Waals surface area contributed by atoms with Crippen molar-refractivity contribution in [2.75, 3.05) is 7.11 Å². The summed E-state index contributed by atoms with van der Waals surface area (Å²) in [5.41, 5.74) is -0.281. The van der Waals surface area contributed by atoms with Crippen LogP contribution in [0.15, 0.2) is 6.07 Å². The molecule has 0 bridgehead atoms. The molecule has 4 nitrogen and oxygen atoms in total. The summed E-state index contributed by atoms with van der Waals surface area (Å²) in [4.78, 5) is 15.0. The van der Waals surface area contributed by atoms with Gasteiger partial charge in [-0.05, 0) is 6.07 Å². The number of halogens is 3. The zero-order valence-corrected chi connectivity index (χ0v) is 11.0. The summed E-state index contributed by atoms with van der Waals surface area (Å²) in [6.45, 7) is 0. The van der Waals surface area contributed by atoms with Gasteiger partial charge in [0, 0.05) is 5.33 Å². The molecule has 1 heterocycles. The smallest absolute Gasteiger partial charge is 0.311 e. The van der Waals surface area contributed by atoms with Gasteiger partial charge in [-0.2, -0.15) is 5.26 Å². The number of methoxy groups -OCH3 is 1. The van der Waals surface area contributed by atoms with Gasteiger partial charge in [-0.3, -0.25) is 9.78 Å². The average Bonchev–Trinajstić information content (AvgIpc) is 2.36. The van der Waals surface area contributed by atoms with Gasteiger partial charge in [0.05, 0.1) is 42.1 Å². The Kier molecular flexibility index (Phi) is 5.16. The van der Waals surface area contributed by atoms with E-state index in [1.807, 2.05) is 0 Å². The number of rotatable bonds is 4. The Balaban J connectivity index is 3.27. The molecule has 0 fully saturated rings. The average molecular weight is 319 g/mol.